The molecule has 0 bridgehead atoms. The number of ether oxygens (including phenoxy) is 2. The Hall–Kier alpha value is -3.60. The van der Waals surface area contributed by atoms with Crippen molar-refractivity contribution in [3.63, 3.8) is 0 Å². The molecule has 0 aliphatic carbocycles. The first-order valence-corrected chi connectivity index (χ1v) is 9.52. The van der Waals surface area contributed by atoms with Gasteiger partial charge in [0.2, 0.25) is 0 Å². The highest BCUT2D eigenvalue weighted by Crippen LogP contribution is 2.30. The van der Waals surface area contributed by atoms with E-state index in [1.54, 1.807) is 38.3 Å². The summed E-state index contributed by atoms with van der Waals surface area (Å²) >= 11 is 0. The van der Waals surface area contributed by atoms with E-state index in [0.29, 0.717) is 17.1 Å². The van der Waals surface area contributed by atoms with Crippen molar-refractivity contribution >= 4 is 5.91 Å². The van der Waals surface area contributed by atoms with Crippen LogP contribution in [0.4, 0.5) is 13.2 Å². The summed E-state index contributed by atoms with van der Waals surface area (Å²) in [6.07, 6.45) is -5.52. The number of alkyl halides is 3. The van der Waals surface area contributed by atoms with Gasteiger partial charge in [-0.1, -0.05) is 11.3 Å². The van der Waals surface area contributed by atoms with Crippen LogP contribution in [-0.2, 0) is 6.18 Å². The molecule has 2 N–H and O–H groups in total. The van der Waals surface area contributed by atoms with E-state index in [-0.39, 0.29) is 24.6 Å². The number of amides is 1. The summed E-state index contributed by atoms with van der Waals surface area (Å²) in [5.74, 6) is 0.255. The molecule has 1 atom stereocenters. The number of aliphatic hydroxyl groups excluding tert-OH is 1. The molecular weight excluding hydrogens is 429 g/mol. The Labute approximate surface area is 181 Å². The van der Waals surface area contributed by atoms with Crippen molar-refractivity contribution in [1.82, 2.24) is 20.3 Å². The summed E-state index contributed by atoms with van der Waals surface area (Å²) in [6, 6.07) is 11.2. The predicted octanol–water partition coefficient (Wildman–Crippen LogP) is 2.77. The van der Waals surface area contributed by atoms with Crippen LogP contribution >= 0.6 is 0 Å². The van der Waals surface area contributed by atoms with E-state index in [1.807, 2.05) is 0 Å². The van der Waals surface area contributed by atoms with Gasteiger partial charge < -0.3 is 19.9 Å². The lowest BCUT2D eigenvalue weighted by molar-refractivity contribution is -0.137. The average molecular weight is 450 g/mol. The van der Waals surface area contributed by atoms with Crippen LogP contribution < -0.4 is 14.8 Å². The van der Waals surface area contributed by atoms with E-state index >= 15 is 0 Å². The number of methoxy groups -OCH3 is 1. The summed E-state index contributed by atoms with van der Waals surface area (Å²) in [5.41, 5.74) is 0.448. The van der Waals surface area contributed by atoms with Gasteiger partial charge in [-0.3, -0.25) is 4.79 Å². The second-order valence-corrected chi connectivity index (χ2v) is 6.83. The Morgan fingerprint density at radius 3 is 2.56 bits per heavy atom. The highest BCUT2D eigenvalue weighted by molar-refractivity contribution is 5.93. The fraction of sp³-hybridized carbons (Fsp3) is 0.286. The van der Waals surface area contributed by atoms with Crippen molar-refractivity contribution in [3.8, 4) is 17.2 Å². The molecule has 0 spiro atoms. The minimum Gasteiger partial charge on any atom is -0.497 e. The van der Waals surface area contributed by atoms with Crippen LogP contribution in [0.15, 0.2) is 48.5 Å². The van der Waals surface area contributed by atoms with Crippen LogP contribution in [0.3, 0.4) is 0 Å². The van der Waals surface area contributed by atoms with Gasteiger partial charge in [-0.15, -0.1) is 5.10 Å². The summed E-state index contributed by atoms with van der Waals surface area (Å²) < 4.78 is 49.7. The Balaban J connectivity index is 1.53. The van der Waals surface area contributed by atoms with Crippen molar-refractivity contribution in [2.24, 2.45) is 0 Å². The number of carbonyl (C=O) groups is 1. The topological polar surface area (TPSA) is 98.5 Å². The minimum atomic E-state index is -4.44. The van der Waals surface area contributed by atoms with Gasteiger partial charge >= 0.3 is 6.18 Å². The van der Waals surface area contributed by atoms with E-state index in [9.17, 15) is 23.1 Å². The molecule has 3 aromatic rings. The number of halogens is 3. The maximum atomic E-state index is 12.6. The SMILES string of the molecule is COc1cccc(-n2nnc(C(=O)NCC(O)COc3ccc(C(F)(F)F)cc3)c2C)c1. The third-order valence-corrected chi connectivity index (χ3v) is 4.53. The molecular formula is C21H21F3N4O4. The van der Waals surface area contributed by atoms with Gasteiger partial charge in [-0.25, -0.2) is 4.68 Å². The van der Waals surface area contributed by atoms with Crippen molar-refractivity contribution in [1.29, 1.82) is 0 Å². The molecule has 1 unspecified atom stereocenters. The number of aromatic nitrogens is 3. The molecule has 1 aromatic heterocycles. The van der Waals surface area contributed by atoms with E-state index in [4.69, 9.17) is 9.47 Å². The lowest BCUT2D eigenvalue weighted by atomic mass is 10.2. The van der Waals surface area contributed by atoms with Crippen LogP contribution in [0.1, 0.15) is 21.7 Å². The molecule has 8 nitrogen and oxygen atoms in total. The lowest BCUT2D eigenvalue weighted by Crippen LogP contribution is -2.35. The number of nitrogens with one attached hydrogen (secondary N) is 1. The van der Waals surface area contributed by atoms with Crippen molar-refractivity contribution in [3.05, 3.63) is 65.5 Å². The van der Waals surface area contributed by atoms with E-state index in [1.165, 1.54) is 4.68 Å². The molecule has 0 saturated carbocycles. The standard InChI is InChI=1S/C21H21F3N4O4/c1-13-19(26-27-28(13)15-4-3-5-18(10-15)31-2)20(30)25-11-16(29)12-32-17-8-6-14(7-9-17)21(22,23)24/h3-10,16,29H,11-12H2,1-2H3,(H,25,30). The first kappa shape index (κ1) is 23.1. The van der Waals surface area contributed by atoms with Crippen LogP contribution in [0.2, 0.25) is 0 Å². The number of rotatable bonds is 8. The molecule has 0 saturated heterocycles. The van der Waals surface area contributed by atoms with E-state index in [2.05, 4.69) is 15.6 Å². The van der Waals surface area contributed by atoms with Crippen LogP contribution in [-0.4, -0.2) is 52.4 Å². The van der Waals surface area contributed by atoms with Gasteiger partial charge in [-0.2, -0.15) is 13.2 Å². The second kappa shape index (κ2) is 9.69. The van der Waals surface area contributed by atoms with Gasteiger partial charge in [0, 0.05) is 12.6 Å². The largest absolute Gasteiger partial charge is 0.497 e. The Morgan fingerprint density at radius 2 is 1.91 bits per heavy atom. The normalized spacial score (nSPS) is 12.3. The molecule has 1 amide bonds. The number of aliphatic hydroxyl groups is 1. The quantitative estimate of drug-likeness (QED) is 0.548. The van der Waals surface area contributed by atoms with Gasteiger partial charge in [-0.05, 0) is 43.3 Å². The lowest BCUT2D eigenvalue weighted by Gasteiger charge is -2.14. The summed E-state index contributed by atoms with van der Waals surface area (Å²) in [4.78, 5) is 12.4. The van der Waals surface area contributed by atoms with Gasteiger partial charge in [0.1, 0.15) is 24.2 Å². The fourth-order valence-electron chi connectivity index (χ4n) is 2.81. The predicted molar refractivity (Wildman–Crippen MR) is 108 cm³/mol. The maximum Gasteiger partial charge on any atom is 0.416 e. The zero-order valence-corrected chi connectivity index (χ0v) is 17.3. The first-order chi connectivity index (χ1) is 15.2. The molecule has 0 aliphatic rings. The highest BCUT2D eigenvalue weighted by atomic mass is 19.4. The molecule has 0 aliphatic heterocycles. The smallest absolute Gasteiger partial charge is 0.416 e. The molecule has 2 aromatic carbocycles. The number of hydrogen-bond donors (Lipinski definition) is 2. The zero-order chi connectivity index (χ0) is 23.3. The van der Waals surface area contributed by atoms with Crippen LogP contribution in [0.5, 0.6) is 11.5 Å². The summed E-state index contributed by atoms with van der Waals surface area (Å²) in [7, 11) is 1.54. The fourth-order valence-corrected chi connectivity index (χ4v) is 2.81. The van der Waals surface area contributed by atoms with E-state index in [0.717, 1.165) is 24.3 Å². The zero-order valence-electron chi connectivity index (χ0n) is 17.3. The molecule has 170 valence electrons. The number of benzene rings is 2. The Morgan fingerprint density at radius 1 is 1.19 bits per heavy atom. The molecule has 3 rings (SSSR count). The average Bonchev–Trinajstić information content (AvgIpc) is 3.17. The first-order valence-electron chi connectivity index (χ1n) is 9.52. The molecule has 32 heavy (non-hydrogen) atoms. The summed E-state index contributed by atoms with van der Waals surface area (Å²) in [5, 5.41) is 20.5. The van der Waals surface area contributed by atoms with Crippen LogP contribution in [0.25, 0.3) is 5.69 Å². The highest BCUT2D eigenvalue weighted by Gasteiger charge is 2.30. The molecule has 0 fully saturated rings. The molecule has 1 heterocycles. The Kier molecular flexibility index (Phi) is 6.98. The molecule has 11 heteroatoms. The van der Waals surface area contributed by atoms with E-state index < -0.39 is 23.8 Å². The van der Waals surface area contributed by atoms with Crippen molar-refractivity contribution < 1.29 is 32.5 Å². The van der Waals surface area contributed by atoms with Gasteiger partial charge in [0.25, 0.3) is 5.91 Å². The number of carbonyl (C=O) groups excluding carboxylic acids is 1. The number of hydrogen-bond acceptors (Lipinski definition) is 6. The molecule has 0 radical (unpaired) electrons. The van der Waals surface area contributed by atoms with Crippen molar-refractivity contribution in [2.75, 3.05) is 20.3 Å². The monoisotopic (exact) mass is 450 g/mol. The second-order valence-electron chi connectivity index (χ2n) is 6.83. The maximum absolute atomic E-state index is 12.6. The number of nitrogens with zero attached hydrogens (tertiary/aromatic N) is 3. The van der Waals surface area contributed by atoms with Gasteiger partial charge in [0.05, 0.1) is 24.1 Å². The Bertz CT molecular complexity index is 1070. The third-order valence-electron chi connectivity index (χ3n) is 4.53. The van der Waals surface area contributed by atoms with Crippen LogP contribution in [0, 0.1) is 6.92 Å². The third kappa shape index (κ3) is 5.55. The summed E-state index contributed by atoms with van der Waals surface area (Å²) in [6.45, 7) is 1.31. The minimum absolute atomic E-state index is 0.0867. The van der Waals surface area contributed by atoms with Crippen molar-refractivity contribution in [2.45, 2.75) is 19.2 Å². The van der Waals surface area contributed by atoms with Gasteiger partial charge in [0.15, 0.2) is 5.69 Å².